The van der Waals surface area contributed by atoms with Gasteiger partial charge < -0.3 is 15.8 Å². The molecule has 0 aliphatic rings. The van der Waals surface area contributed by atoms with Gasteiger partial charge in [0.05, 0.1) is 19.0 Å². The molecule has 0 aliphatic carbocycles. The van der Waals surface area contributed by atoms with Gasteiger partial charge in [-0.3, -0.25) is 0 Å². The van der Waals surface area contributed by atoms with E-state index in [-0.39, 0.29) is 0 Å². The van der Waals surface area contributed by atoms with Crippen molar-refractivity contribution in [2.24, 2.45) is 0 Å². The number of esters is 1. The highest BCUT2D eigenvalue weighted by molar-refractivity contribution is 9.10. The number of carbonyl (C=O) groups is 1. The van der Waals surface area contributed by atoms with Gasteiger partial charge in [-0.15, -0.1) is 0 Å². The molecule has 0 radical (unpaired) electrons. The minimum Gasteiger partial charge on any atom is -0.465 e. The van der Waals surface area contributed by atoms with Gasteiger partial charge in [-0.1, -0.05) is 15.9 Å². The first-order chi connectivity index (χ1) is 9.92. The van der Waals surface area contributed by atoms with Crippen molar-refractivity contribution >= 4 is 39.1 Å². The fourth-order valence-corrected chi connectivity index (χ4v) is 2.23. The van der Waals surface area contributed by atoms with E-state index in [2.05, 4.69) is 26.2 Å². The molecule has 110 valence electrons. The van der Waals surface area contributed by atoms with Gasteiger partial charge in [0, 0.05) is 10.2 Å². The van der Waals surface area contributed by atoms with Crippen LogP contribution in [-0.4, -0.2) is 18.1 Å². The molecule has 0 bridgehead atoms. The zero-order valence-corrected chi connectivity index (χ0v) is 13.6. The van der Waals surface area contributed by atoms with Crippen LogP contribution >= 0.6 is 15.9 Å². The molecule has 0 aliphatic heterocycles. The Kier molecular flexibility index (Phi) is 4.47. The summed E-state index contributed by atoms with van der Waals surface area (Å²) in [6.45, 7) is 4.00. The number of aromatic nitrogens is 1. The van der Waals surface area contributed by atoms with E-state index < -0.39 is 5.97 Å². The van der Waals surface area contributed by atoms with Crippen molar-refractivity contribution in [3.05, 3.63) is 45.6 Å². The Balaban J connectivity index is 2.42. The molecule has 2 rings (SSSR count). The number of ether oxygens (including phenoxy) is 1. The lowest BCUT2D eigenvalue weighted by atomic mass is 10.1. The van der Waals surface area contributed by atoms with Crippen molar-refractivity contribution < 1.29 is 9.53 Å². The molecule has 2 aromatic rings. The molecule has 21 heavy (non-hydrogen) atoms. The van der Waals surface area contributed by atoms with Gasteiger partial charge in [0.25, 0.3) is 0 Å². The molecule has 0 saturated heterocycles. The van der Waals surface area contributed by atoms with E-state index in [1.54, 1.807) is 6.07 Å². The van der Waals surface area contributed by atoms with Crippen molar-refractivity contribution in [3.63, 3.8) is 0 Å². The predicted octanol–water partition coefficient (Wildman–Crippen LogP) is 3.57. The Bertz CT molecular complexity index is 678. The van der Waals surface area contributed by atoms with Crippen molar-refractivity contribution in [3.8, 4) is 0 Å². The minimum absolute atomic E-state index is 0.302. The SMILES string of the molecule is COC(=O)c1cc(N)cnc1Nc1cc(C)c(Br)c(C)c1. The molecule has 1 aromatic heterocycles. The van der Waals surface area contributed by atoms with Crippen LogP contribution in [-0.2, 0) is 4.74 Å². The number of methoxy groups -OCH3 is 1. The van der Waals surface area contributed by atoms with Crippen molar-refractivity contribution in [2.75, 3.05) is 18.2 Å². The number of nitrogens with two attached hydrogens (primary N) is 1. The molecule has 6 heteroatoms. The summed E-state index contributed by atoms with van der Waals surface area (Å²) in [7, 11) is 1.32. The molecule has 1 heterocycles. The van der Waals surface area contributed by atoms with Crippen LogP contribution in [0, 0.1) is 13.8 Å². The number of nitrogen functional groups attached to an aromatic ring is 1. The predicted molar refractivity (Wildman–Crippen MR) is 86.9 cm³/mol. The van der Waals surface area contributed by atoms with Gasteiger partial charge in [-0.2, -0.15) is 0 Å². The molecule has 0 spiro atoms. The van der Waals surface area contributed by atoms with Crippen LogP contribution in [0.2, 0.25) is 0 Å². The molecule has 3 N–H and O–H groups in total. The summed E-state index contributed by atoms with van der Waals surface area (Å²) in [5, 5.41) is 3.14. The van der Waals surface area contributed by atoms with Crippen LogP contribution < -0.4 is 11.1 Å². The summed E-state index contributed by atoms with van der Waals surface area (Å²) < 4.78 is 5.82. The molecule has 0 saturated carbocycles. The van der Waals surface area contributed by atoms with E-state index in [0.717, 1.165) is 21.3 Å². The van der Waals surface area contributed by atoms with E-state index in [4.69, 9.17) is 10.5 Å². The van der Waals surface area contributed by atoms with Crippen LogP contribution in [0.4, 0.5) is 17.2 Å². The second-order valence-corrected chi connectivity index (χ2v) is 5.50. The number of benzene rings is 1. The van der Waals surface area contributed by atoms with Gasteiger partial charge in [-0.25, -0.2) is 9.78 Å². The lowest BCUT2D eigenvalue weighted by Crippen LogP contribution is -2.08. The number of anilines is 3. The fourth-order valence-electron chi connectivity index (χ4n) is 2.00. The van der Waals surface area contributed by atoms with Gasteiger partial charge in [0.2, 0.25) is 0 Å². The number of halogens is 1. The Labute approximate surface area is 131 Å². The standard InChI is InChI=1S/C15H16BrN3O2/c1-8-4-11(5-9(2)13(8)16)19-14-12(15(20)21-3)6-10(17)7-18-14/h4-7H,17H2,1-3H3,(H,18,19). The maximum atomic E-state index is 11.8. The average molecular weight is 350 g/mol. The second kappa shape index (κ2) is 6.13. The highest BCUT2D eigenvalue weighted by atomic mass is 79.9. The largest absolute Gasteiger partial charge is 0.465 e. The topological polar surface area (TPSA) is 77.2 Å². The quantitative estimate of drug-likeness (QED) is 0.828. The summed E-state index contributed by atoms with van der Waals surface area (Å²) in [6.07, 6.45) is 1.49. The van der Waals surface area contributed by atoms with E-state index in [9.17, 15) is 4.79 Å². The maximum Gasteiger partial charge on any atom is 0.341 e. The smallest absolute Gasteiger partial charge is 0.341 e. The number of rotatable bonds is 3. The van der Waals surface area contributed by atoms with Gasteiger partial charge in [0.15, 0.2) is 0 Å². The van der Waals surface area contributed by atoms with Crippen molar-refractivity contribution in [2.45, 2.75) is 13.8 Å². The van der Waals surface area contributed by atoms with Crippen LogP contribution in [0.15, 0.2) is 28.9 Å². The monoisotopic (exact) mass is 349 g/mol. The average Bonchev–Trinajstić information content (AvgIpc) is 2.45. The minimum atomic E-state index is -0.483. The van der Waals surface area contributed by atoms with Gasteiger partial charge in [-0.05, 0) is 43.2 Å². The van der Waals surface area contributed by atoms with Gasteiger partial charge >= 0.3 is 5.97 Å². The third-order valence-electron chi connectivity index (χ3n) is 3.01. The molecule has 5 nitrogen and oxygen atoms in total. The number of aryl methyl sites for hydroxylation is 2. The highest BCUT2D eigenvalue weighted by Gasteiger charge is 2.14. The maximum absolute atomic E-state index is 11.8. The highest BCUT2D eigenvalue weighted by Crippen LogP contribution is 2.28. The molecule has 0 fully saturated rings. The molecule has 0 amide bonds. The summed E-state index contributed by atoms with van der Waals surface area (Å²) in [5.74, 6) is -0.0694. The molecular formula is C15H16BrN3O2. The Morgan fingerprint density at radius 1 is 1.29 bits per heavy atom. The molecule has 0 unspecified atom stereocenters. The Hall–Kier alpha value is -2.08. The number of carbonyl (C=O) groups excluding carboxylic acids is 1. The lowest BCUT2D eigenvalue weighted by Gasteiger charge is -2.13. The van der Waals surface area contributed by atoms with E-state index >= 15 is 0 Å². The number of hydrogen-bond acceptors (Lipinski definition) is 5. The van der Waals surface area contributed by atoms with E-state index in [1.165, 1.54) is 13.3 Å². The third-order valence-corrected chi connectivity index (χ3v) is 4.26. The second-order valence-electron chi connectivity index (χ2n) is 4.71. The van der Waals surface area contributed by atoms with Crippen LogP contribution in [0.1, 0.15) is 21.5 Å². The zero-order valence-electron chi connectivity index (χ0n) is 12.0. The first kappa shape index (κ1) is 15.3. The number of hydrogen-bond donors (Lipinski definition) is 2. The molecule has 1 aromatic carbocycles. The third kappa shape index (κ3) is 3.33. The number of nitrogens with one attached hydrogen (secondary N) is 1. The van der Waals surface area contributed by atoms with E-state index in [1.807, 2.05) is 26.0 Å². The number of pyridine rings is 1. The van der Waals surface area contributed by atoms with Crippen molar-refractivity contribution in [1.82, 2.24) is 4.98 Å². The summed E-state index contributed by atoms with van der Waals surface area (Å²) in [6, 6.07) is 5.48. The summed E-state index contributed by atoms with van der Waals surface area (Å²) in [5.41, 5.74) is 9.41. The Morgan fingerprint density at radius 2 is 1.90 bits per heavy atom. The van der Waals surface area contributed by atoms with E-state index in [0.29, 0.717) is 17.1 Å². The normalized spacial score (nSPS) is 10.3. The lowest BCUT2D eigenvalue weighted by molar-refractivity contribution is 0.0601. The molecule has 0 atom stereocenters. The van der Waals surface area contributed by atoms with Crippen LogP contribution in [0.25, 0.3) is 0 Å². The summed E-state index contributed by atoms with van der Waals surface area (Å²) >= 11 is 3.52. The first-order valence-corrected chi connectivity index (χ1v) is 7.09. The van der Waals surface area contributed by atoms with Crippen LogP contribution in [0.3, 0.4) is 0 Å². The van der Waals surface area contributed by atoms with Crippen LogP contribution in [0.5, 0.6) is 0 Å². The van der Waals surface area contributed by atoms with Gasteiger partial charge in [0.1, 0.15) is 11.4 Å². The first-order valence-electron chi connectivity index (χ1n) is 6.30. The number of nitrogens with zero attached hydrogens (tertiary/aromatic N) is 1. The Morgan fingerprint density at radius 3 is 2.48 bits per heavy atom. The zero-order chi connectivity index (χ0) is 15.6. The fraction of sp³-hybridized carbons (Fsp3) is 0.200. The van der Waals surface area contributed by atoms with Crippen molar-refractivity contribution in [1.29, 1.82) is 0 Å². The molecular weight excluding hydrogens is 334 g/mol. The summed E-state index contributed by atoms with van der Waals surface area (Å²) in [4.78, 5) is 16.0.